The molecular formula is C24H27NO2. The number of hydrogen-bond donors (Lipinski definition) is 2. The van der Waals surface area contributed by atoms with Crippen molar-refractivity contribution in [1.82, 2.24) is 0 Å². The quantitative estimate of drug-likeness (QED) is 0.663. The van der Waals surface area contributed by atoms with Gasteiger partial charge < -0.3 is 10.4 Å². The largest absolute Gasteiger partial charge is 0.478 e. The first-order valence-corrected chi connectivity index (χ1v) is 9.68. The van der Waals surface area contributed by atoms with Gasteiger partial charge in [-0.1, -0.05) is 63.3 Å². The van der Waals surface area contributed by atoms with Crippen LogP contribution in [-0.4, -0.2) is 11.1 Å². The number of fused-ring (bicyclic) bond motifs is 3. The molecule has 2 aliphatic rings. The molecule has 0 fully saturated rings. The number of rotatable bonds is 2. The second-order valence-corrected chi connectivity index (χ2v) is 8.86. The summed E-state index contributed by atoms with van der Waals surface area (Å²) in [5.41, 5.74) is 6.15. The summed E-state index contributed by atoms with van der Waals surface area (Å²) in [7, 11) is 0. The molecule has 27 heavy (non-hydrogen) atoms. The second-order valence-electron chi connectivity index (χ2n) is 8.86. The Kier molecular flexibility index (Phi) is 4.14. The van der Waals surface area contributed by atoms with Gasteiger partial charge in [0.15, 0.2) is 0 Å². The Bertz CT molecular complexity index is 919. The second kappa shape index (κ2) is 6.26. The van der Waals surface area contributed by atoms with Crippen LogP contribution < -0.4 is 5.32 Å². The van der Waals surface area contributed by atoms with E-state index in [4.69, 9.17) is 0 Å². The van der Waals surface area contributed by atoms with E-state index >= 15 is 0 Å². The Morgan fingerprint density at radius 3 is 2.44 bits per heavy atom. The van der Waals surface area contributed by atoms with Gasteiger partial charge in [-0.05, 0) is 53.0 Å². The standard InChI is InChI=1S/C24H27NO2/c1-14-17(23(26)27)12-13-20-18-6-5-7-19(18)22(25-21(14)20)15-8-10-16(11-9-15)24(2,3)4/h5-6,8-13,18-19,22,25H,7H2,1-4H3,(H,26,27)/t18-,19+,22-/m1/s1. The molecule has 2 aromatic carbocycles. The van der Waals surface area contributed by atoms with Crippen LogP contribution >= 0.6 is 0 Å². The molecule has 1 aliphatic heterocycles. The van der Waals surface area contributed by atoms with E-state index in [9.17, 15) is 9.90 Å². The average Bonchev–Trinajstić information content (AvgIpc) is 3.10. The molecule has 3 atom stereocenters. The Balaban J connectivity index is 1.76. The smallest absolute Gasteiger partial charge is 0.336 e. The summed E-state index contributed by atoms with van der Waals surface area (Å²) in [6.45, 7) is 8.59. The first kappa shape index (κ1) is 17.8. The van der Waals surface area contributed by atoms with Crippen LogP contribution in [-0.2, 0) is 5.41 Å². The van der Waals surface area contributed by atoms with Crippen LogP contribution in [0.1, 0.15) is 71.8 Å². The molecule has 1 heterocycles. The summed E-state index contributed by atoms with van der Waals surface area (Å²) >= 11 is 0. The van der Waals surface area contributed by atoms with Crippen molar-refractivity contribution in [3.8, 4) is 0 Å². The first-order valence-electron chi connectivity index (χ1n) is 9.68. The van der Waals surface area contributed by atoms with Crippen molar-refractivity contribution in [2.24, 2.45) is 5.92 Å². The summed E-state index contributed by atoms with van der Waals surface area (Å²) in [4.78, 5) is 11.6. The van der Waals surface area contributed by atoms with Crippen LogP contribution in [0.5, 0.6) is 0 Å². The third kappa shape index (κ3) is 2.95. The molecule has 0 amide bonds. The van der Waals surface area contributed by atoms with Crippen molar-refractivity contribution in [2.75, 3.05) is 5.32 Å². The van der Waals surface area contributed by atoms with Gasteiger partial charge in [0.1, 0.15) is 0 Å². The Morgan fingerprint density at radius 1 is 1.11 bits per heavy atom. The molecule has 0 radical (unpaired) electrons. The zero-order valence-electron chi connectivity index (χ0n) is 16.4. The number of allylic oxidation sites excluding steroid dienone is 2. The van der Waals surface area contributed by atoms with Gasteiger partial charge in [0.25, 0.3) is 0 Å². The highest BCUT2D eigenvalue weighted by Crippen LogP contribution is 2.51. The molecule has 0 unspecified atom stereocenters. The van der Waals surface area contributed by atoms with Crippen molar-refractivity contribution in [3.63, 3.8) is 0 Å². The van der Waals surface area contributed by atoms with Crippen molar-refractivity contribution in [2.45, 2.75) is 51.5 Å². The molecule has 2 aromatic rings. The predicted octanol–water partition coefficient (Wildman–Crippen LogP) is 5.82. The van der Waals surface area contributed by atoms with E-state index in [2.05, 4.69) is 62.5 Å². The van der Waals surface area contributed by atoms with E-state index in [1.54, 1.807) is 6.07 Å². The van der Waals surface area contributed by atoms with Crippen LogP contribution in [0.4, 0.5) is 5.69 Å². The maximum atomic E-state index is 11.6. The average molecular weight is 361 g/mol. The first-order chi connectivity index (χ1) is 12.8. The lowest BCUT2D eigenvalue weighted by atomic mass is 9.75. The van der Waals surface area contributed by atoms with E-state index in [0.717, 1.165) is 17.7 Å². The maximum Gasteiger partial charge on any atom is 0.336 e. The van der Waals surface area contributed by atoms with Gasteiger partial charge in [0.2, 0.25) is 0 Å². The number of aromatic carboxylic acids is 1. The minimum atomic E-state index is -0.868. The highest BCUT2D eigenvalue weighted by atomic mass is 16.4. The van der Waals surface area contributed by atoms with Gasteiger partial charge in [-0.25, -0.2) is 4.79 Å². The summed E-state index contributed by atoms with van der Waals surface area (Å²) in [5.74, 6) is -0.0598. The summed E-state index contributed by atoms with van der Waals surface area (Å²) in [5, 5.41) is 13.2. The SMILES string of the molecule is Cc1c(C(=O)O)ccc2c1N[C@H](c1ccc(C(C)(C)C)cc1)[C@H]1CC=C[C@@H]21. The van der Waals surface area contributed by atoms with Gasteiger partial charge in [0.05, 0.1) is 11.6 Å². The molecule has 3 nitrogen and oxygen atoms in total. The Morgan fingerprint density at radius 2 is 1.81 bits per heavy atom. The molecular weight excluding hydrogens is 334 g/mol. The van der Waals surface area contributed by atoms with Crippen molar-refractivity contribution in [1.29, 1.82) is 0 Å². The molecule has 3 heteroatoms. The molecule has 0 aromatic heterocycles. The van der Waals surface area contributed by atoms with E-state index in [1.807, 2.05) is 13.0 Å². The molecule has 140 valence electrons. The summed E-state index contributed by atoms with van der Waals surface area (Å²) in [6, 6.07) is 12.8. The van der Waals surface area contributed by atoms with Crippen LogP contribution in [0.15, 0.2) is 48.6 Å². The minimum absolute atomic E-state index is 0.134. The number of nitrogens with one attached hydrogen (secondary N) is 1. The van der Waals surface area contributed by atoms with E-state index < -0.39 is 5.97 Å². The number of anilines is 1. The molecule has 2 N–H and O–H groups in total. The molecule has 0 saturated heterocycles. The number of benzene rings is 2. The van der Waals surface area contributed by atoms with Crippen molar-refractivity contribution < 1.29 is 9.90 Å². The van der Waals surface area contributed by atoms with Crippen LogP contribution in [0.25, 0.3) is 0 Å². The van der Waals surface area contributed by atoms with Crippen LogP contribution in [0.3, 0.4) is 0 Å². The maximum absolute atomic E-state index is 11.6. The normalized spacial score (nSPS) is 23.5. The van der Waals surface area contributed by atoms with Gasteiger partial charge in [0, 0.05) is 11.6 Å². The highest BCUT2D eigenvalue weighted by Gasteiger charge is 2.39. The molecule has 0 bridgehead atoms. The highest BCUT2D eigenvalue weighted by molar-refractivity contribution is 5.92. The summed E-state index contributed by atoms with van der Waals surface area (Å²) in [6.07, 6.45) is 5.60. The number of hydrogen-bond acceptors (Lipinski definition) is 2. The van der Waals surface area contributed by atoms with Crippen LogP contribution in [0.2, 0.25) is 0 Å². The Hall–Kier alpha value is -2.55. The zero-order chi connectivity index (χ0) is 19.3. The fraction of sp³-hybridized carbons (Fsp3) is 0.375. The van der Waals surface area contributed by atoms with Crippen molar-refractivity contribution >= 4 is 11.7 Å². The van der Waals surface area contributed by atoms with Crippen molar-refractivity contribution in [3.05, 3.63) is 76.4 Å². The minimum Gasteiger partial charge on any atom is -0.478 e. The van der Waals surface area contributed by atoms with Crippen LogP contribution in [0, 0.1) is 12.8 Å². The molecule has 0 saturated carbocycles. The third-order valence-electron chi connectivity index (χ3n) is 6.16. The number of carbonyl (C=O) groups is 1. The topological polar surface area (TPSA) is 49.3 Å². The molecule has 4 rings (SSSR count). The zero-order valence-corrected chi connectivity index (χ0v) is 16.4. The number of carboxylic acid groups (broad SMARTS) is 1. The van der Waals surface area contributed by atoms with Gasteiger partial charge in [-0.3, -0.25) is 0 Å². The number of carboxylic acids is 1. The fourth-order valence-electron chi connectivity index (χ4n) is 4.57. The van der Waals surface area contributed by atoms with Gasteiger partial charge in [-0.15, -0.1) is 0 Å². The van der Waals surface area contributed by atoms with E-state index in [-0.39, 0.29) is 11.5 Å². The lowest BCUT2D eigenvalue weighted by molar-refractivity contribution is 0.0696. The fourth-order valence-corrected chi connectivity index (χ4v) is 4.57. The molecule has 0 spiro atoms. The van der Waals surface area contributed by atoms with E-state index in [0.29, 0.717) is 17.4 Å². The summed E-state index contributed by atoms with van der Waals surface area (Å²) < 4.78 is 0. The predicted molar refractivity (Wildman–Crippen MR) is 110 cm³/mol. The lowest BCUT2D eigenvalue weighted by Gasteiger charge is -2.38. The molecule has 1 aliphatic carbocycles. The van der Waals surface area contributed by atoms with E-state index in [1.165, 1.54) is 16.7 Å². The monoisotopic (exact) mass is 361 g/mol. The third-order valence-corrected chi connectivity index (χ3v) is 6.16. The Labute approximate surface area is 161 Å². The van der Waals surface area contributed by atoms with Gasteiger partial charge in [-0.2, -0.15) is 0 Å². The van der Waals surface area contributed by atoms with Gasteiger partial charge >= 0.3 is 5.97 Å². The lowest BCUT2D eigenvalue weighted by Crippen LogP contribution is -2.30.